The van der Waals surface area contributed by atoms with E-state index >= 15 is 0 Å². The lowest BCUT2D eigenvalue weighted by atomic mass is 9.96. The third kappa shape index (κ3) is 4.47. The average Bonchev–Trinajstić information content (AvgIpc) is 3.20. The molecule has 4 rings (SSSR count). The average molecular weight is 471 g/mol. The lowest BCUT2D eigenvalue weighted by Crippen LogP contribution is -2.29. The molecule has 166 valence electrons. The summed E-state index contributed by atoms with van der Waals surface area (Å²) in [6, 6.07) is 14.8. The van der Waals surface area contributed by atoms with Gasteiger partial charge in [0.25, 0.3) is 0 Å². The first-order valence-electron chi connectivity index (χ1n) is 10.1. The summed E-state index contributed by atoms with van der Waals surface area (Å²) >= 11 is 7.76. The second-order valence-corrected chi connectivity index (χ2v) is 8.45. The number of anilines is 1. The zero-order chi connectivity index (χ0) is 22.7. The number of benzene rings is 2. The van der Waals surface area contributed by atoms with Crippen molar-refractivity contribution in [1.29, 1.82) is 0 Å². The number of methoxy groups -OCH3 is 1. The largest absolute Gasteiger partial charge is 0.494 e. The Labute approximate surface area is 195 Å². The Balaban J connectivity index is 1.68. The monoisotopic (exact) mass is 470 g/mol. The van der Waals surface area contributed by atoms with Crippen molar-refractivity contribution in [2.75, 3.05) is 19.0 Å². The van der Waals surface area contributed by atoms with E-state index in [9.17, 15) is 4.79 Å². The Bertz CT molecular complexity index is 1160. The van der Waals surface area contributed by atoms with Crippen molar-refractivity contribution in [2.24, 2.45) is 0 Å². The van der Waals surface area contributed by atoms with Gasteiger partial charge in [-0.25, -0.2) is 9.48 Å². The van der Waals surface area contributed by atoms with Crippen molar-refractivity contribution in [1.82, 2.24) is 14.8 Å². The third-order valence-electron chi connectivity index (χ3n) is 5.06. The van der Waals surface area contributed by atoms with Crippen molar-refractivity contribution in [3.05, 3.63) is 76.0 Å². The zero-order valence-corrected chi connectivity index (χ0v) is 19.5. The molecule has 2 aromatic carbocycles. The predicted molar refractivity (Wildman–Crippen MR) is 125 cm³/mol. The maximum Gasteiger partial charge on any atom is 0.338 e. The first kappa shape index (κ1) is 22.2. The van der Waals surface area contributed by atoms with Crippen molar-refractivity contribution in [3.8, 4) is 5.75 Å². The van der Waals surface area contributed by atoms with Crippen LogP contribution in [0.5, 0.6) is 5.75 Å². The number of aromatic nitrogens is 3. The van der Waals surface area contributed by atoms with Crippen LogP contribution in [0.1, 0.15) is 31.0 Å². The number of ether oxygens (including phenoxy) is 2. The minimum absolute atomic E-state index is 0.416. The van der Waals surface area contributed by atoms with Gasteiger partial charge in [-0.05, 0) is 43.2 Å². The van der Waals surface area contributed by atoms with E-state index in [1.165, 1.54) is 18.9 Å². The van der Waals surface area contributed by atoms with Gasteiger partial charge in [0.2, 0.25) is 11.1 Å². The Morgan fingerprint density at radius 3 is 2.66 bits per heavy atom. The number of thioether (sulfide) groups is 1. The van der Waals surface area contributed by atoms with Gasteiger partial charge in [-0.15, -0.1) is 5.10 Å². The topological polar surface area (TPSA) is 78.3 Å². The number of halogens is 1. The summed E-state index contributed by atoms with van der Waals surface area (Å²) in [4.78, 5) is 17.3. The first-order chi connectivity index (χ1) is 15.5. The highest BCUT2D eigenvalue weighted by Crippen LogP contribution is 2.37. The number of carbonyl (C=O) groups is 1. The van der Waals surface area contributed by atoms with E-state index < -0.39 is 12.0 Å². The van der Waals surface area contributed by atoms with Crippen LogP contribution in [0.25, 0.3) is 0 Å². The van der Waals surface area contributed by atoms with Crippen LogP contribution in [0.4, 0.5) is 5.95 Å². The highest BCUT2D eigenvalue weighted by Gasteiger charge is 2.35. The van der Waals surface area contributed by atoms with Gasteiger partial charge in [-0.1, -0.05) is 53.7 Å². The van der Waals surface area contributed by atoms with Crippen molar-refractivity contribution < 1.29 is 14.3 Å². The van der Waals surface area contributed by atoms with Crippen molar-refractivity contribution in [2.45, 2.75) is 30.8 Å². The minimum atomic E-state index is -0.475. The second kappa shape index (κ2) is 9.67. The number of fused-ring (bicyclic) bond motifs is 1. The van der Waals surface area contributed by atoms with E-state index in [-0.39, 0.29) is 0 Å². The van der Waals surface area contributed by atoms with Crippen LogP contribution in [-0.2, 0) is 15.3 Å². The lowest BCUT2D eigenvalue weighted by molar-refractivity contribution is -0.136. The highest BCUT2D eigenvalue weighted by molar-refractivity contribution is 7.98. The zero-order valence-electron chi connectivity index (χ0n) is 18.0. The molecule has 0 saturated heterocycles. The van der Waals surface area contributed by atoms with Crippen LogP contribution in [-0.4, -0.2) is 34.5 Å². The molecular weight excluding hydrogens is 448 g/mol. The Morgan fingerprint density at radius 2 is 1.97 bits per heavy atom. The number of hydrogen-bond donors (Lipinski definition) is 1. The van der Waals surface area contributed by atoms with E-state index in [4.69, 9.17) is 26.2 Å². The summed E-state index contributed by atoms with van der Waals surface area (Å²) < 4.78 is 12.4. The molecule has 1 aliphatic rings. The summed E-state index contributed by atoms with van der Waals surface area (Å²) in [5.41, 5.74) is 3.05. The van der Waals surface area contributed by atoms with Crippen molar-refractivity contribution >= 4 is 35.3 Å². The molecule has 1 N–H and O–H groups in total. The number of rotatable bonds is 7. The van der Waals surface area contributed by atoms with E-state index in [0.717, 1.165) is 16.9 Å². The summed E-state index contributed by atoms with van der Waals surface area (Å²) in [6.07, 6.45) is 0. The molecule has 3 aromatic rings. The lowest BCUT2D eigenvalue weighted by Gasteiger charge is -2.27. The van der Waals surface area contributed by atoms with Gasteiger partial charge in [0.05, 0.1) is 19.3 Å². The van der Waals surface area contributed by atoms with Crippen LogP contribution >= 0.6 is 23.4 Å². The molecule has 2 heterocycles. The minimum Gasteiger partial charge on any atom is -0.494 e. The van der Waals surface area contributed by atoms with Gasteiger partial charge < -0.3 is 14.8 Å². The number of nitrogens with one attached hydrogen (secondary N) is 1. The molecule has 1 unspecified atom stereocenters. The molecule has 0 fully saturated rings. The molecule has 0 radical (unpaired) electrons. The first-order valence-corrected chi connectivity index (χ1v) is 11.5. The fourth-order valence-corrected chi connectivity index (χ4v) is 4.66. The standard InChI is InChI=1S/C23H23ClN4O3S/c1-4-31-17-11-9-15(10-12-17)20-19(21(29)30-3)14(2)25-22-26-23(27-28(20)22)32-13-16-7-5-6-8-18(16)24/h5-12,20H,4,13H2,1-3H3,(H,25,26,27). The summed E-state index contributed by atoms with van der Waals surface area (Å²) in [6.45, 7) is 4.35. The highest BCUT2D eigenvalue weighted by atomic mass is 35.5. The smallest absolute Gasteiger partial charge is 0.338 e. The quantitative estimate of drug-likeness (QED) is 0.381. The molecule has 0 aliphatic carbocycles. The number of nitrogens with zero attached hydrogens (tertiary/aromatic N) is 3. The van der Waals surface area contributed by atoms with Crippen LogP contribution in [0, 0.1) is 0 Å². The van der Waals surface area contributed by atoms with Crippen LogP contribution < -0.4 is 10.1 Å². The maximum absolute atomic E-state index is 12.7. The SMILES string of the molecule is CCOc1ccc(C2C(C(=O)OC)=C(C)Nc3nc(SCc4ccccc4Cl)nn32)cc1. The van der Waals surface area contributed by atoms with Crippen molar-refractivity contribution in [3.63, 3.8) is 0 Å². The predicted octanol–water partition coefficient (Wildman–Crippen LogP) is 5.08. The van der Waals surface area contributed by atoms with Crippen LogP contribution in [0.15, 0.2) is 65.0 Å². The van der Waals surface area contributed by atoms with Gasteiger partial charge in [0.15, 0.2) is 0 Å². The summed E-state index contributed by atoms with van der Waals surface area (Å²) in [5, 5.41) is 9.19. The normalized spacial score (nSPS) is 15.2. The number of carbonyl (C=O) groups excluding carboxylic acids is 1. The van der Waals surface area contributed by atoms with Gasteiger partial charge in [-0.2, -0.15) is 4.98 Å². The van der Waals surface area contributed by atoms with E-state index in [1.54, 1.807) is 4.68 Å². The molecule has 1 aromatic heterocycles. The fourth-order valence-electron chi connectivity index (χ4n) is 3.55. The Hall–Kier alpha value is -2.97. The number of allylic oxidation sites excluding steroid dienone is 1. The number of hydrogen-bond acceptors (Lipinski definition) is 7. The summed E-state index contributed by atoms with van der Waals surface area (Å²) in [5.74, 6) is 1.55. The van der Waals surface area contributed by atoms with Gasteiger partial charge in [-0.3, -0.25) is 0 Å². The third-order valence-corrected chi connectivity index (χ3v) is 6.32. The molecule has 1 aliphatic heterocycles. The Kier molecular flexibility index (Phi) is 6.72. The molecule has 0 amide bonds. The molecule has 32 heavy (non-hydrogen) atoms. The van der Waals surface area contributed by atoms with Gasteiger partial charge >= 0.3 is 5.97 Å². The van der Waals surface area contributed by atoms with Gasteiger partial charge in [0.1, 0.15) is 11.8 Å². The molecule has 7 nitrogen and oxygen atoms in total. The molecule has 1 atom stereocenters. The second-order valence-electron chi connectivity index (χ2n) is 7.10. The van der Waals surface area contributed by atoms with E-state index in [2.05, 4.69) is 10.3 Å². The van der Waals surface area contributed by atoms with Gasteiger partial charge in [0, 0.05) is 16.5 Å². The summed E-state index contributed by atoms with van der Waals surface area (Å²) in [7, 11) is 1.37. The Morgan fingerprint density at radius 1 is 1.22 bits per heavy atom. The molecule has 0 saturated carbocycles. The number of esters is 1. The molecular formula is C23H23ClN4O3S. The van der Waals surface area contributed by atoms with E-state index in [0.29, 0.717) is 39.8 Å². The molecule has 0 bridgehead atoms. The maximum atomic E-state index is 12.7. The van der Waals surface area contributed by atoms with E-state index in [1.807, 2.05) is 62.4 Å². The molecule has 0 spiro atoms. The van der Waals surface area contributed by atoms with Crippen LogP contribution in [0.2, 0.25) is 5.02 Å². The molecule has 9 heteroatoms. The fraction of sp³-hybridized carbons (Fsp3) is 0.261. The van der Waals surface area contributed by atoms with Crippen LogP contribution in [0.3, 0.4) is 0 Å².